The molecule has 2 aromatic carbocycles. The Morgan fingerprint density at radius 3 is 1.33 bits per heavy atom. The third kappa shape index (κ3) is 5.94. The Hall–Kier alpha value is -1.92. The molecule has 0 bridgehead atoms. The summed E-state index contributed by atoms with van der Waals surface area (Å²) in [6.07, 6.45) is 0.947. The monoisotopic (exact) mass is 360 g/mol. The number of anilines is 2. The molecule has 0 atom stereocenters. The first kappa shape index (κ1) is 18.4. The zero-order chi connectivity index (χ0) is 17.4. The van der Waals surface area contributed by atoms with Crippen LogP contribution in [-0.4, -0.2) is 11.8 Å². The van der Waals surface area contributed by atoms with Gasteiger partial charge in [-0.2, -0.15) is 0 Å². The summed E-state index contributed by atoms with van der Waals surface area (Å²) in [5, 5.41) is 5.66. The average Bonchev–Trinajstić information content (AvgIpc) is 2.62. The molecule has 0 saturated heterocycles. The van der Waals surface area contributed by atoms with Gasteiger partial charge in [0.25, 0.3) is 0 Å². The minimum atomic E-state index is 0.0139. The summed E-state index contributed by atoms with van der Waals surface area (Å²) in [7, 11) is 3.30. The second-order valence-electron chi connectivity index (χ2n) is 5.02. The Morgan fingerprint density at radius 2 is 1.04 bits per heavy atom. The van der Waals surface area contributed by atoms with Crippen LogP contribution in [0.3, 0.4) is 0 Å². The smallest absolute Gasteiger partial charge is 0.224 e. The summed E-state index contributed by atoms with van der Waals surface area (Å²) in [6.45, 7) is 3.66. The SMILES string of the molecule is CCC(=O)Nc1ccc(SSc2ccc(NC(=O)CC)cc2)cc1. The maximum atomic E-state index is 11.3. The van der Waals surface area contributed by atoms with E-state index in [0.717, 1.165) is 21.2 Å². The lowest BCUT2D eigenvalue weighted by atomic mass is 10.3. The fourth-order valence-electron chi connectivity index (χ4n) is 1.78. The maximum Gasteiger partial charge on any atom is 0.224 e. The molecule has 0 spiro atoms. The van der Waals surface area contributed by atoms with Gasteiger partial charge in [-0.25, -0.2) is 0 Å². The number of rotatable bonds is 7. The normalized spacial score (nSPS) is 10.2. The highest BCUT2D eigenvalue weighted by atomic mass is 33.1. The van der Waals surface area contributed by atoms with E-state index in [1.54, 1.807) is 21.6 Å². The number of amides is 2. The highest BCUT2D eigenvalue weighted by Gasteiger charge is 2.02. The molecule has 0 aliphatic heterocycles. The van der Waals surface area contributed by atoms with Crippen LogP contribution >= 0.6 is 21.6 Å². The Labute approximate surface area is 150 Å². The van der Waals surface area contributed by atoms with E-state index < -0.39 is 0 Å². The van der Waals surface area contributed by atoms with Crippen molar-refractivity contribution >= 4 is 44.8 Å². The molecule has 2 aromatic rings. The van der Waals surface area contributed by atoms with Crippen LogP contribution in [0.2, 0.25) is 0 Å². The van der Waals surface area contributed by atoms with E-state index in [2.05, 4.69) is 10.6 Å². The van der Waals surface area contributed by atoms with Gasteiger partial charge in [-0.3, -0.25) is 9.59 Å². The zero-order valence-corrected chi connectivity index (χ0v) is 15.3. The summed E-state index contributed by atoms with van der Waals surface area (Å²) in [5.74, 6) is 0.0278. The largest absolute Gasteiger partial charge is 0.326 e. The third-order valence-electron chi connectivity index (χ3n) is 3.15. The Kier molecular flexibility index (Phi) is 7.21. The Balaban J connectivity index is 1.86. The van der Waals surface area contributed by atoms with Crippen molar-refractivity contribution in [1.82, 2.24) is 0 Å². The second-order valence-corrected chi connectivity index (χ2v) is 7.30. The molecular formula is C18H20N2O2S2. The zero-order valence-electron chi connectivity index (χ0n) is 13.7. The van der Waals surface area contributed by atoms with Crippen LogP contribution in [0.4, 0.5) is 11.4 Å². The highest BCUT2D eigenvalue weighted by molar-refractivity contribution is 8.76. The lowest BCUT2D eigenvalue weighted by molar-refractivity contribution is -0.116. The van der Waals surface area contributed by atoms with Crippen LogP contribution in [0.15, 0.2) is 58.3 Å². The van der Waals surface area contributed by atoms with Crippen molar-refractivity contribution in [3.05, 3.63) is 48.5 Å². The standard InChI is InChI=1S/C18H20N2O2S2/c1-3-17(21)19-13-5-9-15(10-6-13)23-24-16-11-7-14(8-12-16)20-18(22)4-2/h5-12H,3-4H2,1-2H3,(H,19,21)(H,20,22). The molecule has 0 radical (unpaired) electrons. The van der Waals surface area contributed by atoms with E-state index in [-0.39, 0.29) is 11.8 Å². The Bertz CT molecular complexity index is 624. The molecule has 0 aromatic heterocycles. The average molecular weight is 361 g/mol. The van der Waals surface area contributed by atoms with Gasteiger partial charge in [0.1, 0.15) is 0 Å². The van der Waals surface area contributed by atoms with E-state index in [4.69, 9.17) is 0 Å². The molecule has 4 nitrogen and oxygen atoms in total. The van der Waals surface area contributed by atoms with Crippen LogP contribution in [0, 0.1) is 0 Å². The molecular weight excluding hydrogens is 340 g/mol. The first-order valence-corrected chi connectivity index (χ1v) is 9.90. The van der Waals surface area contributed by atoms with Gasteiger partial charge in [-0.1, -0.05) is 35.4 Å². The quantitative estimate of drug-likeness (QED) is 0.668. The number of carbonyl (C=O) groups is 2. The molecule has 0 heterocycles. The molecule has 6 heteroatoms. The Morgan fingerprint density at radius 1 is 0.708 bits per heavy atom. The van der Waals surface area contributed by atoms with Crippen LogP contribution in [0.5, 0.6) is 0 Å². The van der Waals surface area contributed by atoms with Gasteiger partial charge in [-0.15, -0.1) is 0 Å². The van der Waals surface area contributed by atoms with Crippen LogP contribution in [-0.2, 0) is 9.59 Å². The molecule has 0 aliphatic carbocycles. The van der Waals surface area contributed by atoms with Crippen molar-refractivity contribution in [2.45, 2.75) is 36.5 Å². The third-order valence-corrected chi connectivity index (χ3v) is 5.57. The first-order chi connectivity index (χ1) is 11.6. The fourth-order valence-corrected chi connectivity index (χ4v) is 3.71. The minimum absolute atomic E-state index is 0.0139. The molecule has 126 valence electrons. The van der Waals surface area contributed by atoms with Gasteiger partial charge in [-0.05, 0) is 48.5 Å². The van der Waals surface area contributed by atoms with Crippen molar-refractivity contribution < 1.29 is 9.59 Å². The van der Waals surface area contributed by atoms with Gasteiger partial charge >= 0.3 is 0 Å². The topological polar surface area (TPSA) is 58.2 Å². The van der Waals surface area contributed by atoms with E-state index in [9.17, 15) is 9.59 Å². The van der Waals surface area contributed by atoms with Gasteiger partial charge in [0.2, 0.25) is 11.8 Å². The second kappa shape index (κ2) is 9.39. The lowest BCUT2D eigenvalue weighted by Gasteiger charge is -2.06. The van der Waals surface area contributed by atoms with Crippen molar-refractivity contribution in [2.75, 3.05) is 10.6 Å². The van der Waals surface area contributed by atoms with Crippen molar-refractivity contribution in [3.63, 3.8) is 0 Å². The van der Waals surface area contributed by atoms with E-state index in [0.29, 0.717) is 12.8 Å². The van der Waals surface area contributed by atoms with Gasteiger partial charge in [0.05, 0.1) is 0 Å². The highest BCUT2D eigenvalue weighted by Crippen LogP contribution is 2.37. The van der Waals surface area contributed by atoms with Gasteiger partial charge < -0.3 is 10.6 Å². The molecule has 2 rings (SSSR count). The van der Waals surface area contributed by atoms with Crippen molar-refractivity contribution in [1.29, 1.82) is 0 Å². The number of benzene rings is 2. The molecule has 2 N–H and O–H groups in total. The van der Waals surface area contributed by atoms with Crippen molar-refractivity contribution in [3.8, 4) is 0 Å². The summed E-state index contributed by atoms with van der Waals surface area (Å²) in [5.41, 5.74) is 1.62. The van der Waals surface area contributed by atoms with Crippen LogP contribution in [0.25, 0.3) is 0 Å². The fraction of sp³-hybridized carbons (Fsp3) is 0.222. The summed E-state index contributed by atoms with van der Waals surface area (Å²) in [6, 6.07) is 15.6. The minimum Gasteiger partial charge on any atom is -0.326 e. The molecule has 0 unspecified atom stereocenters. The molecule has 0 saturated carbocycles. The predicted octanol–water partition coefficient (Wildman–Crippen LogP) is 5.18. The van der Waals surface area contributed by atoms with E-state index in [1.165, 1.54) is 0 Å². The number of nitrogens with one attached hydrogen (secondary N) is 2. The summed E-state index contributed by atoms with van der Waals surface area (Å²) >= 11 is 0. The van der Waals surface area contributed by atoms with Crippen LogP contribution < -0.4 is 10.6 Å². The van der Waals surface area contributed by atoms with Crippen molar-refractivity contribution in [2.24, 2.45) is 0 Å². The summed E-state index contributed by atoms with van der Waals surface area (Å²) < 4.78 is 0. The first-order valence-electron chi connectivity index (χ1n) is 7.75. The number of hydrogen-bond donors (Lipinski definition) is 2. The lowest BCUT2D eigenvalue weighted by Crippen LogP contribution is -2.09. The predicted molar refractivity (Wildman–Crippen MR) is 102 cm³/mol. The van der Waals surface area contributed by atoms with Gasteiger partial charge in [0.15, 0.2) is 0 Å². The molecule has 2 amide bonds. The van der Waals surface area contributed by atoms with E-state index in [1.807, 2.05) is 62.4 Å². The summed E-state index contributed by atoms with van der Waals surface area (Å²) in [4.78, 5) is 24.9. The van der Waals surface area contributed by atoms with Crippen LogP contribution in [0.1, 0.15) is 26.7 Å². The maximum absolute atomic E-state index is 11.3. The number of hydrogen-bond acceptors (Lipinski definition) is 4. The molecule has 0 fully saturated rings. The molecule has 24 heavy (non-hydrogen) atoms. The molecule has 0 aliphatic rings. The van der Waals surface area contributed by atoms with E-state index >= 15 is 0 Å². The number of carbonyl (C=O) groups excluding carboxylic acids is 2. The van der Waals surface area contributed by atoms with Gasteiger partial charge in [0, 0.05) is 34.0 Å².